The van der Waals surface area contributed by atoms with Gasteiger partial charge in [0.1, 0.15) is 13.2 Å². The summed E-state index contributed by atoms with van der Waals surface area (Å²) in [7, 11) is 0. The zero-order valence-electron chi connectivity index (χ0n) is 16.1. The third kappa shape index (κ3) is 4.77. The summed E-state index contributed by atoms with van der Waals surface area (Å²) in [4.78, 5) is 15.3. The fourth-order valence-corrected chi connectivity index (χ4v) is 4.22. The van der Waals surface area contributed by atoms with Crippen molar-refractivity contribution in [2.45, 2.75) is 23.9 Å². The van der Waals surface area contributed by atoms with Crippen LogP contribution in [0.1, 0.15) is 18.4 Å². The van der Waals surface area contributed by atoms with E-state index in [-0.39, 0.29) is 17.3 Å². The van der Waals surface area contributed by atoms with E-state index in [9.17, 15) is 18.0 Å². The number of carbonyl (C=O) groups excluding carboxylic acids is 1. The van der Waals surface area contributed by atoms with Crippen molar-refractivity contribution in [1.82, 2.24) is 0 Å². The molecule has 1 N–H and O–H groups in total. The summed E-state index contributed by atoms with van der Waals surface area (Å²) >= 11 is 1.29. The molecule has 1 saturated heterocycles. The highest BCUT2D eigenvalue weighted by Crippen LogP contribution is 2.37. The number of benzene rings is 2. The maximum absolute atomic E-state index is 13.2. The number of anilines is 2. The topological polar surface area (TPSA) is 50.8 Å². The number of hydrogen-bond donors (Lipinski definition) is 1. The van der Waals surface area contributed by atoms with Gasteiger partial charge in [-0.3, -0.25) is 4.79 Å². The number of halogens is 3. The van der Waals surface area contributed by atoms with Crippen LogP contribution in [0.2, 0.25) is 0 Å². The molecule has 30 heavy (non-hydrogen) atoms. The van der Waals surface area contributed by atoms with Crippen LogP contribution in [0.3, 0.4) is 0 Å². The normalized spacial score (nSPS) is 15.9. The Bertz CT molecular complexity index is 930. The number of nitrogens with zero attached hydrogens (tertiary/aromatic N) is 1. The molecule has 0 bridgehead atoms. The molecule has 0 saturated carbocycles. The molecule has 0 unspecified atom stereocenters. The highest BCUT2D eigenvalue weighted by molar-refractivity contribution is 8.00. The molecule has 2 aromatic rings. The molecule has 0 aliphatic carbocycles. The van der Waals surface area contributed by atoms with Crippen molar-refractivity contribution >= 4 is 29.0 Å². The molecule has 0 aromatic heterocycles. The number of ether oxygens (including phenoxy) is 2. The summed E-state index contributed by atoms with van der Waals surface area (Å²) < 4.78 is 50.5. The zero-order valence-corrected chi connectivity index (χ0v) is 16.9. The molecular formula is C21H21F3N2O3S. The molecule has 0 atom stereocenters. The highest BCUT2D eigenvalue weighted by Gasteiger charge is 2.32. The number of carbonyl (C=O) groups is 1. The third-order valence-corrected chi connectivity index (χ3v) is 5.92. The predicted molar refractivity (Wildman–Crippen MR) is 110 cm³/mol. The Morgan fingerprint density at radius 1 is 1.03 bits per heavy atom. The molecule has 0 spiro atoms. The Kier molecular flexibility index (Phi) is 5.99. The Morgan fingerprint density at radius 2 is 1.77 bits per heavy atom. The Hall–Kier alpha value is -2.55. The first-order chi connectivity index (χ1) is 14.4. The Labute approximate surface area is 176 Å². The van der Waals surface area contributed by atoms with Crippen LogP contribution in [-0.2, 0) is 11.0 Å². The largest absolute Gasteiger partial charge is 0.486 e. The average Bonchev–Trinajstić information content (AvgIpc) is 3.26. The maximum Gasteiger partial charge on any atom is 0.416 e. The van der Waals surface area contributed by atoms with E-state index in [1.807, 2.05) is 11.0 Å². The second-order valence-corrected chi connectivity index (χ2v) is 8.11. The van der Waals surface area contributed by atoms with Crippen molar-refractivity contribution in [3.05, 3.63) is 42.0 Å². The van der Waals surface area contributed by atoms with E-state index in [0.717, 1.165) is 43.0 Å². The molecule has 9 heteroatoms. The lowest BCUT2D eigenvalue weighted by Crippen LogP contribution is -2.22. The summed E-state index contributed by atoms with van der Waals surface area (Å²) in [6.45, 7) is 2.50. The maximum atomic E-state index is 13.2. The number of hydrogen-bond acceptors (Lipinski definition) is 5. The van der Waals surface area contributed by atoms with E-state index in [1.165, 1.54) is 17.8 Å². The molecule has 1 fully saturated rings. The van der Waals surface area contributed by atoms with E-state index in [2.05, 4.69) is 5.32 Å². The number of thioether (sulfide) groups is 1. The van der Waals surface area contributed by atoms with Gasteiger partial charge in [-0.15, -0.1) is 11.8 Å². The van der Waals surface area contributed by atoms with Crippen LogP contribution in [-0.4, -0.2) is 38.0 Å². The van der Waals surface area contributed by atoms with Gasteiger partial charge in [-0.2, -0.15) is 13.2 Å². The molecule has 4 rings (SSSR count). The number of nitrogens with one attached hydrogen (secondary N) is 1. The summed E-state index contributed by atoms with van der Waals surface area (Å²) in [6.07, 6.45) is -2.51. The van der Waals surface area contributed by atoms with Gasteiger partial charge in [-0.05, 0) is 49.2 Å². The van der Waals surface area contributed by atoms with Crippen molar-refractivity contribution in [3.8, 4) is 11.5 Å². The van der Waals surface area contributed by atoms with E-state index < -0.39 is 11.7 Å². The van der Waals surface area contributed by atoms with Crippen molar-refractivity contribution in [2.24, 2.45) is 0 Å². The van der Waals surface area contributed by atoms with Gasteiger partial charge in [0, 0.05) is 18.0 Å². The Balaban J connectivity index is 1.46. The van der Waals surface area contributed by atoms with Crippen LogP contribution < -0.4 is 19.7 Å². The number of fused-ring (bicyclic) bond motifs is 1. The van der Waals surface area contributed by atoms with Crippen molar-refractivity contribution < 1.29 is 27.4 Å². The van der Waals surface area contributed by atoms with E-state index >= 15 is 0 Å². The minimum absolute atomic E-state index is 0.0648. The lowest BCUT2D eigenvalue weighted by molar-refractivity contribution is -0.137. The SMILES string of the molecule is O=C(CSc1ccc2c(c1)OCCO2)Nc1cc(C(F)(F)F)ccc1N1CCCC1. The first-order valence-electron chi connectivity index (χ1n) is 9.69. The van der Waals surface area contributed by atoms with E-state index in [1.54, 1.807) is 12.1 Å². The van der Waals surface area contributed by atoms with Gasteiger partial charge in [-0.1, -0.05) is 0 Å². The lowest BCUT2D eigenvalue weighted by atomic mass is 10.1. The van der Waals surface area contributed by atoms with Crippen LogP contribution >= 0.6 is 11.8 Å². The van der Waals surface area contributed by atoms with Crippen LogP contribution in [0.25, 0.3) is 0 Å². The minimum Gasteiger partial charge on any atom is -0.486 e. The second kappa shape index (κ2) is 8.67. The number of amides is 1. The minimum atomic E-state index is -4.47. The van der Waals surface area contributed by atoms with Gasteiger partial charge >= 0.3 is 6.18 Å². The smallest absolute Gasteiger partial charge is 0.416 e. The van der Waals surface area contributed by atoms with Crippen LogP contribution in [0.5, 0.6) is 11.5 Å². The van der Waals surface area contributed by atoms with Gasteiger partial charge in [0.15, 0.2) is 11.5 Å². The molecule has 2 heterocycles. The summed E-state index contributed by atoms with van der Waals surface area (Å²) in [5, 5.41) is 2.68. The van der Waals surface area contributed by atoms with E-state index in [0.29, 0.717) is 30.4 Å². The zero-order chi connectivity index (χ0) is 21.1. The first-order valence-corrected chi connectivity index (χ1v) is 10.7. The molecule has 160 valence electrons. The molecule has 2 aliphatic rings. The fourth-order valence-electron chi connectivity index (χ4n) is 3.49. The van der Waals surface area contributed by atoms with Crippen molar-refractivity contribution in [3.63, 3.8) is 0 Å². The number of rotatable bonds is 5. The summed E-state index contributed by atoms with van der Waals surface area (Å²) in [6, 6.07) is 8.93. The van der Waals surface area contributed by atoms with Gasteiger partial charge in [0.05, 0.1) is 22.7 Å². The average molecular weight is 438 g/mol. The highest BCUT2D eigenvalue weighted by atomic mass is 32.2. The predicted octanol–water partition coefficient (Wildman–Crippen LogP) is 4.81. The summed E-state index contributed by atoms with van der Waals surface area (Å²) in [5.74, 6) is 0.986. The summed E-state index contributed by atoms with van der Waals surface area (Å²) in [5.41, 5.74) is 0.0397. The van der Waals surface area contributed by atoms with Crippen molar-refractivity contribution in [1.29, 1.82) is 0 Å². The quantitative estimate of drug-likeness (QED) is 0.680. The number of alkyl halides is 3. The molecule has 2 aromatic carbocycles. The van der Waals surface area contributed by atoms with E-state index in [4.69, 9.17) is 9.47 Å². The first kappa shape index (κ1) is 20.7. The molecule has 2 aliphatic heterocycles. The van der Waals surface area contributed by atoms with Crippen molar-refractivity contribution in [2.75, 3.05) is 42.3 Å². The Morgan fingerprint density at radius 3 is 2.50 bits per heavy atom. The monoisotopic (exact) mass is 438 g/mol. The molecular weight excluding hydrogens is 417 g/mol. The molecule has 5 nitrogen and oxygen atoms in total. The lowest BCUT2D eigenvalue weighted by Gasteiger charge is -2.23. The van der Waals surface area contributed by atoms with Gasteiger partial charge < -0.3 is 19.7 Å². The third-order valence-electron chi connectivity index (χ3n) is 4.93. The van der Waals surface area contributed by atoms with Crippen LogP contribution in [0.4, 0.5) is 24.5 Å². The van der Waals surface area contributed by atoms with Gasteiger partial charge in [0.25, 0.3) is 0 Å². The van der Waals surface area contributed by atoms with Crippen LogP contribution in [0, 0.1) is 0 Å². The standard InChI is InChI=1S/C21H21F3N2O3S/c22-21(23,24)14-3-5-17(26-7-1-2-8-26)16(11-14)25-20(27)13-30-15-4-6-18-19(12-15)29-10-9-28-18/h3-6,11-12H,1-2,7-10,13H2,(H,25,27). The van der Waals surface area contributed by atoms with Gasteiger partial charge in [0.2, 0.25) is 5.91 Å². The van der Waals surface area contributed by atoms with Crippen LogP contribution in [0.15, 0.2) is 41.3 Å². The van der Waals surface area contributed by atoms with Gasteiger partial charge in [-0.25, -0.2) is 0 Å². The molecule has 0 radical (unpaired) electrons. The molecule has 1 amide bonds. The fraction of sp³-hybridized carbons (Fsp3) is 0.381. The second-order valence-electron chi connectivity index (χ2n) is 7.07.